The zero-order valence-electron chi connectivity index (χ0n) is 16.4. The molecule has 0 fully saturated rings. The highest BCUT2D eigenvalue weighted by molar-refractivity contribution is 5.88. The lowest BCUT2D eigenvalue weighted by Crippen LogP contribution is -2.22. The first-order valence-electron chi connectivity index (χ1n) is 8.91. The quantitative estimate of drug-likeness (QED) is 0.630. The first-order chi connectivity index (χ1) is 12.8. The molecule has 0 unspecified atom stereocenters. The molecule has 5 nitrogen and oxygen atoms in total. The van der Waals surface area contributed by atoms with Gasteiger partial charge in [0.15, 0.2) is 0 Å². The maximum Gasteiger partial charge on any atom is 0.219 e. The molecule has 0 N–H and O–H groups in total. The summed E-state index contributed by atoms with van der Waals surface area (Å²) in [6, 6.07) is 11.8. The maximum absolute atomic E-state index is 12.1. The van der Waals surface area contributed by atoms with Crippen LogP contribution < -0.4 is 4.90 Å². The molecule has 0 spiro atoms. The minimum absolute atomic E-state index is 0.136. The standard InChI is InChI=1S/C22H24N4O/c1-15-7-6-8-21(25-15)26(14-27)20-11-17(9-10-19(20)22(3,4)5)18-12-23-16(2)24-13-18/h6-14H,1-5H3. The number of nitrogens with zero attached hydrogens (tertiary/aromatic N) is 4. The van der Waals surface area contributed by atoms with Crippen molar-refractivity contribution in [3.05, 3.63) is 65.9 Å². The lowest BCUT2D eigenvalue weighted by molar-refractivity contribution is -0.106. The number of carbonyl (C=O) groups excluding carboxylic acids is 1. The SMILES string of the molecule is Cc1cccc(N(C=O)c2cc(-c3cnc(C)nc3)ccc2C(C)(C)C)n1. The predicted molar refractivity (Wildman–Crippen MR) is 108 cm³/mol. The number of hydrogen-bond acceptors (Lipinski definition) is 4. The summed E-state index contributed by atoms with van der Waals surface area (Å²) in [6.07, 6.45) is 4.42. The molecule has 0 bridgehead atoms. The van der Waals surface area contributed by atoms with Crippen molar-refractivity contribution in [3.8, 4) is 11.1 Å². The van der Waals surface area contributed by atoms with E-state index >= 15 is 0 Å². The van der Waals surface area contributed by atoms with Crippen LogP contribution in [0.3, 0.4) is 0 Å². The Balaban J connectivity index is 2.19. The fourth-order valence-electron chi connectivity index (χ4n) is 2.98. The van der Waals surface area contributed by atoms with E-state index in [2.05, 4.69) is 41.8 Å². The van der Waals surface area contributed by atoms with Gasteiger partial charge in [0, 0.05) is 23.7 Å². The van der Waals surface area contributed by atoms with E-state index < -0.39 is 0 Å². The third-order valence-corrected chi connectivity index (χ3v) is 4.41. The molecule has 0 aliphatic heterocycles. The molecule has 2 heterocycles. The summed E-state index contributed by atoms with van der Waals surface area (Å²) >= 11 is 0. The number of benzene rings is 1. The van der Waals surface area contributed by atoms with Gasteiger partial charge in [0.1, 0.15) is 11.6 Å². The third kappa shape index (κ3) is 4.03. The monoisotopic (exact) mass is 360 g/mol. The van der Waals surface area contributed by atoms with Gasteiger partial charge in [-0.05, 0) is 48.6 Å². The lowest BCUT2D eigenvalue weighted by Gasteiger charge is -2.28. The van der Waals surface area contributed by atoms with Crippen LogP contribution in [0.4, 0.5) is 11.5 Å². The fourth-order valence-corrected chi connectivity index (χ4v) is 2.98. The second kappa shape index (κ2) is 7.27. The molecular weight excluding hydrogens is 336 g/mol. The van der Waals surface area contributed by atoms with Crippen LogP contribution in [-0.4, -0.2) is 21.4 Å². The molecule has 27 heavy (non-hydrogen) atoms. The second-order valence-electron chi connectivity index (χ2n) is 7.61. The van der Waals surface area contributed by atoms with Gasteiger partial charge in [-0.25, -0.2) is 15.0 Å². The smallest absolute Gasteiger partial charge is 0.219 e. The van der Waals surface area contributed by atoms with Gasteiger partial charge in [0.2, 0.25) is 6.41 Å². The van der Waals surface area contributed by atoms with E-state index in [-0.39, 0.29) is 5.41 Å². The van der Waals surface area contributed by atoms with Crippen molar-refractivity contribution in [2.24, 2.45) is 0 Å². The Morgan fingerprint density at radius 3 is 2.26 bits per heavy atom. The topological polar surface area (TPSA) is 59.0 Å². The van der Waals surface area contributed by atoms with Gasteiger partial charge in [-0.3, -0.25) is 9.69 Å². The molecule has 138 valence electrons. The van der Waals surface area contributed by atoms with Gasteiger partial charge in [0.05, 0.1) is 5.69 Å². The van der Waals surface area contributed by atoms with Crippen molar-refractivity contribution in [2.45, 2.75) is 40.0 Å². The summed E-state index contributed by atoms with van der Waals surface area (Å²) in [5.74, 6) is 1.33. The number of aryl methyl sites for hydroxylation is 2. The van der Waals surface area contributed by atoms with E-state index in [0.29, 0.717) is 5.82 Å². The number of hydrogen-bond donors (Lipinski definition) is 0. The Morgan fingerprint density at radius 2 is 1.67 bits per heavy atom. The van der Waals surface area contributed by atoms with Gasteiger partial charge < -0.3 is 0 Å². The molecule has 0 atom stereocenters. The van der Waals surface area contributed by atoms with Crippen LogP contribution in [0.1, 0.15) is 37.9 Å². The van der Waals surface area contributed by atoms with Crippen molar-refractivity contribution < 1.29 is 4.79 Å². The average molecular weight is 360 g/mol. The number of anilines is 2. The Morgan fingerprint density at radius 1 is 0.963 bits per heavy atom. The van der Waals surface area contributed by atoms with Crippen LogP contribution >= 0.6 is 0 Å². The number of carbonyl (C=O) groups is 1. The summed E-state index contributed by atoms with van der Waals surface area (Å²) in [5, 5.41) is 0. The average Bonchev–Trinajstić information content (AvgIpc) is 2.62. The molecular formula is C22H24N4O. The van der Waals surface area contributed by atoms with Crippen molar-refractivity contribution >= 4 is 17.9 Å². The molecule has 1 amide bonds. The number of amides is 1. The number of aromatic nitrogens is 3. The minimum atomic E-state index is -0.136. The van der Waals surface area contributed by atoms with Crippen molar-refractivity contribution in [1.82, 2.24) is 15.0 Å². The van der Waals surface area contributed by atoms with Crippen LogP contribution in [0.15, 0.2) is 48.8 Å². The van der Waals surface area contributed by atoms with E-state index in [4.69, 9.17) is 0 Å². The molecule has 0 aliphatic carbocycles. The summed E-state index contributed by atoms with van der Waals surface area (Å²) in [6.45, 7) is 10.2. The molecule has 0 saturated carbocycles. The molecule has 0 aliphatic rings. The molecule has 3 aromatic rings. The van der Waals surface area contributed by atoms with Gasteiger partial charge in [-0.2, -0.15) is 0 Å². The number of rotatable bonds is 4. The zero-order chi connectivity index (χ0) is 19.6. The maximum atomic E-state index is 12.1. The summed E-state index contributed by atoms with van der Waals surface area (Å²) in [7, 11) is 0. The van der Waals surface area contributed by atoms with E-state index in [9.17, 15) is 4.79 Å². The normalized spacial score (nSPS) is 11.3. The summed E-state index contributed by atoms with van der Waals surface area (Å²) in [4.78, 5) is 26.8. The highest BCUT2D eigenvalue weighted by Gasteiger charge is 2.23. The third-order valence-electron chi connectivity index (χ3n) is 4.41. The highest BCUT2D eigenvalue weighted by atomic mass is 16.1. The Kier molecular flexibility index (Phi) is 5.04. The largest absolute Gasteiger partial charge is 0.278 e. The van der Waals surface area contributed by atoms with Crippen LogP contribution in [0.25, 0.3) is 11.1 Å². The van der Waals surface area contributed by atoms with E-state index in [0.717, 1.165) is 40.3 Å². The van der Waals surface area contributed by atoms with Crippen molar-refractivity contribution in [3.63, 3.8) is 0 Å². The van der Waals surface area contributed by atoms with Gasteiger partial charge in [-0.15, -0.1) is 0 Å². The van der Waals surface area contributed by atoms with Crippen LogP contribution in [0.2, 0.25) is 0 Å². The van der Waals surface area contributed by atoms with Gasteiger partial charge in [-0.1, -0.05) is 39.0 Å². The Labute approximate surface area is 160 Å². The Hall–Kier alpha value is -3.08. The van der Waals surface area contributed by atoms with E-state index in [1.165, 1.54) is 0 Å². The van der Waals surface area contributed by atoms with Crippen molar-refractivity contribution in [2.75, 3.05) is 4.90 Å². The fraction of sp³-hybridized carbons (Fsp3) is 0.273. The molecule has 3 rings (SSSR count). The van der Waals surface area contributed by atoms with Crippen LogP contribution in [-0.2, 0) is 10.2 Å². The van der Waals surface area contributed by atoms with Crippen LogP contribution in [0, 0.1) is 13.8 Å². The second-order valence-corrected chi connectivity index (χ2v) is 7.61. The van der Waals surface area contributed by atoms with E-state index in [1.807, 2.05) is 44.2 Å². The highest BCUT2D eigenvalue weighted by Crippen LogP contribution is 2.37. The molecule has 0 radical (unpaired) electrons. The summed E-state index contributed by atoms with van der Waals surface area (Å²) in [5.41, 5.74) is 4.47. The molecule has 5 heteroatoms. The predicted octanol–water partition coefficient (Wildman–Crippen LogP) is 4.75. The Bertz CT molecular complexity index is 959. The van der Waals surface area contributed by atoms with Crippen LogP contribution in [0.5, 0.6) is 0 Å². The molecule has 0 saturated heterocycles. The first-order valence-corrected chi connectivity index (χ1v) is 8.91. The molecule has 1 aromatic carbocycles. The zero-order valence-corrected chi connectivity index (χ0v) is 16.4. The van der Waals surface area contributed by atoms with Crippen molar-refractivity contribution in [1.29, 1.82) is 0 Å². The summed E-state index contributed by atoms with van der Waals surface area (Å²) < 4.78 is 0. The van der Waals surface area contributed by atoms with Gasteiger partial charge in [0.25, 0.3) is 0 Å². The molecule has 2 aromatic heterocycles. The number of pyridine rings is 1. The van der Waals surface area contributed by atoms with Gasteiger partial charge >= 0.3 is 0 Å². The first kappa shape index (κ1) is 18.7. The van der Waals surface area contributed by atoms with E-state index in [1.54, 1.807) is 17.3 Å². The lowest BCUT2D eigenvalue weighted by atomic mass is 9.84. The minimum Gasteiger partial charge on any atom is -0.278 e.